The van der Waals surface area contributed by atoms with Crippen LogP contribution < -0.4 is 5.32 Å². The normalized spacial score (nSPS) is 34.0. The molecule has 0 aromatic rings. The molecule has 1 spiro atoms. The van der Waals surface area contributed by atoms with Crippen LogP contribution in [0, 0.1) is 0 Å². The smallest absolute Gasteiger partial charge is 0.125 e. The molecule has 12 heavy (non-hydrogen) atoms. The van der Waals surface area contributed by atoms with Crippen molar-refractivity contribution in [2.24, 2.45) is 4.99 Å². The maximum absolute atomic E-state index is 4.34. The predicted molar refractivity (Wildman–Crippen MR) is 48.8 cm³/mol. The van der Waals surface area contributed by atoms with Crippen LogP contribution in [-0.2, 0) is 0 Å². The summed E-state index contributed by atoms with van der Waals surface area (Å²) in [4.78, 5) is 4.34. The first-order chi connectivity index (χ1) is 5.92. The van der Waals surface area contributed by atoms with Crippen LogP contribution in [0.3, 0.4) is 0 Å². The minimum atomic E-state index is -0.116. The summed E-state index contributed by atoms with van der Waals surface area (Å²) in [5.74, 6) is 0. The second-order valence-corrected chi connectivity index (χ2v) is 3.10. The van der Waals surface area contributed by atoms with E-state index in [9.17, 15) is 0 Å². The highest BCUT2D eigenvalue weighted by Crippen LogP contribution is 2.33. The molecule has 0 aromatic heterocycles. The van der Waals surface area contributed by atoms with Crippen LogP contribution >= 0.6 is 0 Å². The fraction of sp³-hybridized carbons (Fsp3) is 0.100. The van der Waals surface area contributed by atoms with Gasteiger partial charge >= 0.3 is 0 Å². The Morgan fingerprint density at radius 2 is 2.25 bits per heavy atom. The van der Waals surface area contributed by atoms with Gasteiger partial charge in [-0.05, 0) is 24.4 Å². The van der Waals surface area contributed by atoms with Crippen LogP contribution in [0.25, 0.3) is 0 Å². The van der Waals surface area contributed by atoms with Crippen LogP contribution in [0.4, 0.5) is 0 Å². The van der Waals surface area contributed by atoms with Gasteiger partial charge in [-0.15, -0.1) is 0 Å². The Bertz CT molecular complexity index is 383. The number of hydrogen-bond donors (Lipinski definition) is 1. The molecule has 0 bridgehead atoms. The summed E-state index contributed by atoms with van der Waals surface area (Å²) in [5.41, 5.74) is 2.21. The van der Waals surface area contributed by atoms with E-state index in [2.05, 4.69) is 28.5 Å². The Kier molecular flexibility index (Phi) is 0.888. The first-order valence-electron chi connectivity index (χ1n) is 4.01. The van der Waals surface area contributed by atoms with Crippen LogP contribution in [0.2, 0.25) is 0 Å². The van der Waals surface area contributed by atoms with Gasteiger partial charge in [0.25, 0.3) is 0 Å². The Hall–Kier alpha value is -1.57. The fourth-order valence-corrected chi connectivity index (χ4v) is 1.84. The Labute approximate surface area is 70.7 Å². The maximum Gasteiger partial charge on any atom is 0.125 e. The van der Waals surface area contributed by atoms with Crippen molar-refractivity contribution in [1.82, 2.24) is 5.32 Å². The average Bonchev–Trinajstić information content (AvgIpc) is 2.59. The molecule has 0 radical (unpaired) electrons. The molecule has 1 aliphatic carbocycles. The summed E-state index contributed by atoms with van der Waals surface area (Å²) in [7, 11) is 0. The van der Waals surface area contributed by atoms with Gasteiger partial charge in [0, 0.05) is 11.8 Å². The molecular formula is C10H8N2. The van der Waals surface area contributed by atoms with Gasteiger partial charge in [-0.2, -0.15) is 0 Å². The third kappa shape index (κ3) is 0.503. The van der Waals surface area contributed by atoms with Crippen LogP contribution in [0.1, 0.15) is 0 Å². The molecule has 0 saturated heterocycles. The van der Waals surface area contributed by atoms with Gasteiger partial charge in [0.1, 0.15) is 5.54 Å². The van der Waals surface area contributed by atoms with E-state index in [0.29, 0.717) is 0 Å². The largest absolute Gasteiger partial charge is 0.373 e. The van der Waals surface area contributed by atoms with Crippen molar-refractivity contribution in [3.8, 4) is 0 Å². The summed E-state index contributed by atoms with van der Waals surface area (Å²) >= 11 is 0. The first-order valence-corrected chi connectivity index (χ1v) is 4.01. The fourth-order valence-electron chi connectivity index (χ4n) is 1.84. The average molecular weight is 156 g/mol. The van der Waals surface area contributed by atoms with E-state index < -0.39 is 0 Å². The molecule has 2 aliphatic heterocycles. The summed E-state index contributed by atoms with van der Waals surface area (Å²) in [6, 6.07) is 0. The summed E-state index contributed by atoms with van der Waals surface area (Å²) in [5, 5.41) is 3.32. The molecule has 1 atom stereocenters. The van der Waals surface area contributed by atoms with Gasteiger partial charge in [0.2, 0.25) is 0 Å². The molecule has 0 aromatic carbocycles. The van der Waals surface area contributed by atoms with Crippen LogP contribution in [-0.4, -0.2) is 11.3 Å². The van der Waals surface area contributed by atoms with Crippen LogP contribution in [0.5, 0.6) is 0 Å². The third-order valence-corrected chi connectivity index (χ3v) is 2.49. The highest BCUT2D eigenvalue weighted by molar-refractivity contribution is 6.11. The number of hydrogen-bond acceptors (Lipinski definition) is 2. The topological polar surface area (TPSA) is 24.4 Å². The molecule has 3 aliphatic rings. The maximum atomic E-state index is 4.34. The van der Waals surface area contributed by atoms with E-state index in [-0.39, 0.29) is 5.54 Å². The minimum Gasteiger partial charge on any atom is -0.373 e. The number of rotatable bonds is 0. The van der Waals surface area contributed by atoms with Crippen molar-refractivity contribution in [3.63, 3.8) is 0 Å². The lowest BCUT2D eigenvalue weighted by Crippen LogP contribution is -2.44. The van der Waals surface area contributed by atoms with Gasteiger partial charge in [-0.3, -0.25) is 4.99 Å². The molecule has 1 N–H and O–H groups in total. The van der Waals surface area contributed by atoms with Crippen molar-refractivity contribution in [2.45, 2.75) is 5.54 Å². The van der Waals surface area contributed by atoms with Gasteiger partial charge in [0.15, 0.2) is 0 Å². The van der Waals surface area contributed by atoms with E-state index >= 15 is 0 Å². The molecule has 58 valence electrons. The molecule has 1 unspecified atom stereocenters. The number of aliphatic imine (C=N–C) groups is 1. The highest BCUT2D eigenvalue weighted by Gasteiger charge is 2.40. The lowest BCUT2D eigenvalue weighted by molar-refractivity contribution is 0.742. The zero-order chi connectivity index (χ0) is 8.02. The highest BCUT2D eigenvalue weighted by atomic mass is 15.0. The molecule has 0 saturated carbocycles. The van der Waals surface area contributed by atoms with E-state index in [4.69, 9.17) is 0 Å². The van der Waals surface area contributed by atoms with E-state index in [1.54, 1.807) is 0 Å². The van der Waals surface area contributed by atoms with E-state index in [0.717, 1.165) is 5.71 Å². The van der Waals surface area contributed by atoms with Crippen LogP contribution in [0.15, 0.2) is 53.3 Å². The SMILES string of the molecule is C1=CC2=NC=C3C=CNC32C=C1. The molecular weight excluding hydrogens is 148 g/mol. The number of nitrogens with zero attached hydrogens (tertiary/aromatic N) is 1. The second kappa shape index (κ2) is 1.78. The Morgan fingerprint density at radius 1 is 1.25 bits per heavy atom. The number of allylic oxidation sites excluding steroid dienone is 2. The quantitative estimate of drug-likeness (QED) is 0.561. The lowest BCUT2D eigenvalue weighted by atomic mass is 9.86. The zero-order valence-corrected chi connectivity index (χ0v) is 6.49. The van der Waals surface area contributed by atoms with Crippen molar-refractivity contribution in [2.75, 3.05) is 0 Å². The predicted octanol–water partition coefficient (Wildman–Crippen LogP) is 1.31. The van der Waals surface area contributed by atoms with Gasteiger partial charge in [-0.1, -0.05) is 12.2 Å². The van der Waals surface area contributed by atoms with Gasteiger partial charge in [-0.25, -0.2) is 0 Å². The first kappa shape index (κ1) is 6.00. The molecule has 2 heterocycles. The summed E-state index contributed by atoms with van der Waals surface area (Å²) in [6.07, 6.45) is 14.2. The van der Waals surface area contributed by atoms with Crippen molar-refractivity contribution < 1.29 is 0 Å². The van der Waals surface area contributed by atoms with E-state index in [1.807, 2.05) is 24.6 Å². The van der Waals surface area contributed by atoms with Gasteiger partial charge < -0.3 is 5.32 Å². The monoisotopic (exact) mass is 156 g/mol. The van der Waals surface area contributed by atoms with Crippen molar-refractivity contribution in [1.29, 1.82) is 0 Å². The standard InChI is InChI=1S/C10H8N2/c1-2-5-10-8(4-6-12-10)7-11-9(10)3-1/h1-7,12H. The molecule has 0 fully saturated rings. The lowest BCUT2D eigenvalue weighted by Gasteiger charge is -2.26. The van der Waals surface area contributed by atoms with Gasteiger partial charge in [0.05, 0.1) is 5.71 Å². The second-order valence-electron chi connectivity index (χ2n) is 3.10. The zero-order valence-electron chi connectivity index (χ0n) is 6.49. The van der Waals surface area contributed by atoms with Crippen molar-refractivity contribution in [3.05, 3.63) is 48.4 Å². The Morgan fingerprint density at radius 3 is 3.25 bits per heavy atom. The number of nitrogens with one attached hydrogen (secondary N) is 1. The summed E-state index contributed by atoms with van der Waals surface area (Å²) in [6.45, 7) is 0. The summed E-state index contributed by atoms with van der Waals surface area (Å²) < 4.78 is 0. The molecule has 3 rings (SSSR count). The molecule has 0 amide bonds. The minimum absolute atomic E-state index is 0.116. The van der Waals surface area contributed by atoms with E-state index in [1.165, 1.54) is 5.57 Å². The third-order valence-electron chi connectivity index (χ3n) is 2.49. The molecule has 2 nitrogen and oxygen atoms in total. The van der Waals surface area contributed by atoms with Crippen molar-refractivity contribution >= 4 is 5.71 Å². The molecule has 2 heteroatoms. The Balaban J connectivity index is 2.21.